The van der Waals surface area contributed by atoms with Crippen LogP contribution in [0.2, 0.25) is 0 Å². The van der Waals surface area contributed by atoms with Crippen molar-refractivity contribution >= 4 is 0 Å². The van der Waals surface area contributed by atoms with Crippen LogP contribution in [0, 0.1) is 0 Å². The van der Waals surface area contributed by atoms with E-state index in [1.54, 1.807) is 6.20 Å². The normalized spacial score (nSPS) is 12.6. The Morgan fingerprint density at radius 2 is 1.45 bits per heavy atom. The first-order valence-electron chi connectivity index (χ1n) is 9.46. The van der Waals surface area contributed by atoms with E-state index in [4.69, 9.17) is 0 Å². The largest absolute Gasteiger partial charge is 0.393 e. The minimum Gasteiger partial charge on any atom is -0.393 e. The molecule has 0 saturated carbocycles. The molecule has 0 saturated heterocycles. The lowest BCUT2D eigenvalue weighted by Crippen LogP contribution is -2.08. The molecule has 0 bridgehead atoms. The van der Waals surface area contributed by atoms with Gasteiger partial charge in [-0.05, 0) is 19.3 Å². The quantitative estimate of drug-likeness (QED) is 0.444. The van der Waals surface area contributed by atoms with E-state index in [1.807, 2.05) is 12.5 Å². The summed E-state index contributed by atoms with van der Waals surface area (Å²) in [6.45, 7) is 3.24. The van der Waals surface area contributed by atoms with Gasteiger partial charge in [0.1, 0.15) is 0 Å². The highest BCUT2D eigenvalue weighted by molar-refractivity contribution is 4.73. The number of hydrogen-bond donors (Lipinski definition) is 1. The van der Waals surface area contributed by atoms with Gasteiger partial charge in [-0.2, -0.15) is 0 Å². The molecule has 3 nitrogen and oxygen atoms in total. The van der Waals surface area contributed by atoms with Crippen LogP contribution in [-0.4, -0.2) is 20.8 Å². The summed E-state index contributed by atoms with van der Waals surface area (Å²) in [5.41, 5.74) is 0. The Bertz CT molecular complexity index is 324. The molecule has 0 aliphatic carbocycles. The number of hydrogen-bond acceptors (Lipinski definition) is 2. The van der Waals surface area contributed by atoms with E-state index >= 15 is 0 Å². The van der Waals surface area contributed by atoms with E-state index in [9.17, 15) is 5.11 Å². The molecule has 0 aromatic carbocycles. The zero-order chi connectivity index (χ0) is 15.9. The van der Waals surface area contributed by atoms with Crippen LogP contribution in [0.5, 0.6) is 0 Å². The van der Waals surface area contributed by atoms with Crippen molar-refractivity contribution < 1.29 is 5.11 Å². The molecule has 128 valence electrons. The van der Waals surface area contributed by atoms with Crippen molar-refractivity contribution in [1.29, 1.82) is 0 Å². The molecular formula is C19H36N2O. The maximum atomic E-state index is 9.98. The van der Waals surface area contributed by atoms with Crippen molar-refractivity contribution in [2.75, 3.05) is 0 Å². The molecule has 3 heteroatoms. The SMILES string of the molecule is CCCCCCCCCCCCC(O)CCCn1ccnc1. The highest BCUT2D eigenvalue weighted by atomic mass is 16.3. The molecule has 0 spiro atoms. The number of aliphatic hydroxyl groups is 1. The molecule has 0 amide bonds. The monoisotopic (exact) mass is 308 g/mol. The number of aromatic nitrogens is 2. The summed E-state index contributed by atoms with van der Waals surface area (Å²) in [6, 6.07) is 0. The van der Waals surface area contributed by atoms with E-state index < -0.39 is 0 Å². The second-order valence-electron chi connectivity index (χ2n) is 6.57. The van der Waals surface area contributed by atoms with Gasteiger partial charge < -0.3 is 9.67 Å². The van der Waals surface area contributed by atoms with Gasteiger partial charge in [0.2, 0.25) is 0 Å². The van der Waals surface area contributed by atoms with E-state index in [-0.39, 0.29) is 6.10 Å². The lowest BCUT2D eigenvalue weighted by atomic mass is 10.0. The van der Waals surface area contributed by atoms with Crippen LogP contribution in [0.1, 0.15) is 90.4 Å². The molecule has 1 unspecified atom stereocenters. The summed E-state index contributed by atoms with van der Waals surface area (Å²) in [6.07, 6.45) is 22.0. The molecule has 1 aromatic rings. The first kappa shape index (κ1) is 19.2. The smallest absolute Gasteiger partial charge is 0.0945 e. The predicted molar refractivity (Wildman–Crippen MR) is 93.9 cm³/mol. The van der Waals surface area contributed by atoms with Crippen molar-refractivity contribution in [2.45, 2.75) is 103 Å². The van der Waals surface area contributed by atoms with Crippen LogP contribution in [0.15, 0.2) is 18.7 Å². The minimum absolute atomic E-state index is 0.113. The van der Waals surface area contributed by atoms with Crippen molar-refractivity contribution in [3.05, 3.63) is 18.7 Å². The topological polar surface area (TPSA) is 38.0 Å². The van der Waals surface area contributed by atoms with Crippen LogP contribution < -0.4 is 0 Å². The maximum Gasteiger partial charge on any atom is 0.0945 e. The van der Waals surface area contributed by atoms with Gasteiger partial charge in [-0.25, -0.2) is 4.98 Å². The van der Waals surface area contributed by atoms with E-state index in [1.165, 1.54) is 64.2 Å². The molecule has 0 radical (unpaired) electrons. The second-order valence-corrected chi connectivity index (χ2v) is 6.57. The standard InChI is InChI=1S/C19H36N2O/c1-2-3-4-5-6-7-8-9-10-11-13-19(22)14-12-16-21-17-15-20-18-21/h15,17-19,22H,2-14,16H2,1H3. The average molecular weight is 309 g/mol. The van der Waals surface area contributed by atoms with Gasteiger partial charge in [0.25, 0.3) is 0 Å². The lowest BCUT2D eigenvalue weighted by molar-refractivity contribution is 0.146. The lowest BCUT2D eigenvalue weighted by Gasteiger charge is -2.10. The molecule has 0 aliphatic rings. The Kier molecular flexibility index (Phi) is 12.1. The van der Waals surface area contributed by atoms with Crippen molar-refractivity contribution in [2.24, 2.45) is 0 Å². The first-order chi connectivity index (χ1) is 10.8. The van der Waals surface area contributed by atoms with Crippen LogP contribution in [-0.2, 0) is 6.54 Å². The van der Waals surface area contributed by atoms with Gasteiger partial charge in [-0.15, -0.1) is 0 Å². The van der Waals surface area contributed by atoms with Crippen LogP contribution >= 0.6 is 0 Å². The Hall–Kier alpha value is -0.830. The van der Waals surface area contributed by atoms with Gasteiger partial charge in [0.05, 0.1) is 12.4 Å². The molecule has 22 heavy (non-hydrogen) atoms. The molecule has 1 atom stereocenters. The Morgan fingerprint density at radius 1 is 0.864 bits per heavy atom. The van der Waals surface area contributed by atoms with Gasteiger partial charge in [-0.1, -0.05) is 71.1 Å². The van der Waals surface area contributed by atoms with Crippen molar-refractivity contribution in [3.8, 4) is 0 Å². The molecule has 1 heterocycles. The highest BCUT2D eigenvalue weighted by Crippen LogP contribution is 2.13. The molecule has 1 N–H and O–H groups in total. The fourth-order valence-electron chi connectivity index (χ4n) is 2.94. The van der Waals surface area contributed by atoms with Crippen LogP contribution in [0.4, 0.5) is 0 Å². The fourth-order valence-corrected chi connectivity index (χ4v) is 2.94. The Morgan fingerprint density at radius 3 is 2.05 bits per heavy atom. The summed E-state index contributed by atoms with van der Waals surface area (Å²) in [5.74, 6) is 0. The zero-order valence-corrected chi connectivity index (χ0v) is 14.6. The number of unbranched alkanes of at least 4 members (excludes halogenated alkanes) is 9. The van der Waals surface area contributed by atoms with E-state index in [0.717, 1.165) is 25.8 Å². The fraction of sp³-hybridized carbons (Fsp3) is 0.842. The molecule has 1 rings (SSSR count). The van der Waals surface area contributed by atoms with Gasteiger partial charge in [0, 0.05) is 18.9 Å². The second kappa shape index (κ2) is 13.8. The van der Waals surface area contributed by atoms with Crippen LogP contribution in [0.3, 0.4) is 0 Å². The highest BCUT2D eigenvalue weighted by Gasteiger charge is 2.03. The number of aryl methyl sites for hydroxylation is 1. The van der Waals surface area contributed by atoms with Crippen molar-refractivity contribution in [1.82, 2.24) is 9.55 Å². The van der Waals surface area contributed by atoms with Gasteiger partial charge in [0.15, 0.2) is 0 Å². The third kappa shape index (κ3) is 10.8. The Balaban J connectivity index is 1.79. The summed E-state index contributed by atoms with van der Waals surface area (Å²) >= 11 is 0. The number of imidazole rings is 1. The Labute approximate surface area is 137 Å². The van der Waals surface area contributed by atoms with E-state index in [2.05, 4.69) is 16.5 Å². The summed E-state index contributed by atoms with van der Waals surface area (Å²) in [4.78, 5) is 4.03. The van der Waals surface area contributed by atoms with Gasteiger partial charge >= 0.3 is 0 Å². The van der Waals surface area contributed by atoms with Crippen LogP contribution in [0.25, 0.3) is 0 Å². The summed E-state index contributed by atoms with van der Waals surface area (Å²) in [7, 11) is 0. The third-order valence-corrected chi connectivity index (χ3v) is 4.40. The molecule has 1 aromatic heterocycles. The molecule has 0 aliphatic heterocycles. The van der Waals surface area contributed by atoms with Gasteiger partial charge in [-0.3, -0.25) is 0 Å². The average Bonchev–Trinajstić information content (AvgIpc) is 3.02. The minimum atomic E-state index is -0.113. The van der Waals surface area contributed by atoms with E-state index in [0.29, 0.717) is 0 Å². The summed E-state index contributed by atoms with van der Waals surface area (Å²) in [5, 5.41) is 9.98. The molecule has 0 fully saturated rings. The predicted octanol–water partition coefficient (Wildman–Crippen LogP) is 5.34. The number of rotatable bonds is 15. The third-order valence-electron chi connectivity index (χ3n) is 4.40. The molecular weight excluding hydrogens is 272 g/mol. The number of aliphatic hydroxyl groups excluding tert-OH is 1. The first-order valence-corrected chi connectivity index (χ1v) is 9.46. The number of nitrogens with zero attached hydrogens (tertiary/aromatic N) is 2. The zero-order valence-electron chi connectivity index (χ0n) is 14.6. The van der Waals surface area contributed by atoms with Crippen molar-refractivity contribution in [3.63, 3.8) is 0 Å². The maximum absolute atomic E-state index is 9.98. The summed E-state index contributed by atoms with van der Waals surface area (Å²) < 4.78 is 2.08.